The van der Waals surface area contributed by atoms with Crippen molar-refractivity contribution in [2.45, 2.75) is 13.0 Å². The second kappa shape index (κ2) is 4.72. The van der Waals surface area contributed by atoms with E-state index in [-0.39, 0.29) is 5.82 Å². The van der Waals surface area contributed by atoms with Crippen molar-refractivity contribution < 1.29 is 9.50 Å². The third-order valence-corrected chi connectivity index (χ3v) is 4.31. The first kappa shape index (κ1) is 12.3. The summed E-state index contributed by atoms with van der Waals surface area (Å²) in [6.07, 6.45) is 2.66. The maximum atomic E-state index is 13.2. The highest BCUT2D eigenvalue weighted by molar-refractivity contribution is 7.19. The summed E-state index contributed by atoms with van der Waals surface area (Å²) in [6, 6.07) is 8.36. The fourth-order valence-electron chi connectivity index (χ4n) is 2.09. The Labute approximate surface area is 114 Å². The van der Waals surface area contributed by atoms with Crippen molar-refractivity contribution in [3.05, 3.63) is 64.5 Å². The first-order chi connectivity index (χ1) is 9.15. The van der Waals surface area contributed by atoms with Crippen LogP contribution in [0.2, 0.25) is 0 Å². The molecule has 1 unspecified atom stereocenters. The Balaban J connectivity index is 2.07. The first-order valence-electron chi connectivity index (χ1n) is 5.93. The van der Waals surface area contributed by atoms with Gasteiger partial charge in [0.2, 0.25) is 0 Å². The van der Waals surface area contributed by atoms with E-state index in [1.807, 2.05) is 19.1 Å². The van der Waals surface area contributed by atoms with Gasteiger partial charge >= 0.3 is 0 Å². The SMILES string of the molecule is Cc1ccncc1C(O)c1cc2cc(F)ccc2s1. The van der Waals surface area contributed by atoms with Crippen LogP contribution in [0.4, 0.5) is 4.39 Å². The minimum atomic E-state index is -0.714. The van der Waals surface area contributed by atoms with Gasteiger partial charge in [0.15, 0.2) is 0 Å². The maximum absolute atomic E-state index is 13.2. The van der Waals surface area contributed by atoms with Gasteiger partial charge < -0.3 is 5.11 Å². The molecule has 1 aromatic carbocycles. The van der Waals surface area contributed by atoms with Gasteiger partial charge in [0, 0.05) is 27.5 Å². The molecule has 0 spiro atoms. The van der Waals surface area contributed by atoms with Gasteiger partial charge in [0.25, 0.3) is 0 Å². The number of thiophene rings is 1. The normalized spacial score (nSPS) is 12.8. The van der Waals surface area contributed by atoms with Crippen molar-refractivity contribution in [2.75, 3.05) is 0 Å². The summed E-state index contributed by atoms with van der Waals surface area (Å²) < 4.78 is 14.1. The third kappa shape index (κ3) is 2.25. The highest BCUT2D eigenvalue weighted by Crippen LogP contribution is 2.34. The summed E-state index contributed by atoms with van der Waals surface area (Å²) in [5.74, 6) is -0.260. The number of halogens is 1. The average Bonchev–Trinajstić information content (AvgIpc) is 2.81. The lowest BCUT2D eigenvalue weighted by Gasteiger charge is -2.10. The van der Waals surface area contributed by atoms with Gasteiger partial charge in [-0.15, -0.1) is 11.3 Å². The molecular weight excluding hydrogens is 261 g/mol. The second-order valence-corrected chi connectivity index (χ2v) is 5.58. The quantitative estimate of drug-likeness (QED) is 0.770. The third-order valence-electron chi connectivity index (χ3n) is 3.14. The number of aryl methyl sites for hydroxylation is 1. The molecule has 0 aliphatic rings. The zero-order chi connectivity index (χ0) is 13.4. The van der Waals surface area contributed by atoms with Crippen LogP contribution in [-0.2, 0) is 0 Å². The molecule has 0 amide bonds. The number of nitrogens with zero attached hydrogens (tertiary/aromatic N) is 1. The molecule has 0 radical (unpaired) electrons. The summed E-state index contributed by atoms with van der Waals surface area (Å²) in [7, 11) is 0. The minimum Gasteiger partial charge on any atom is -0.383 e. The summed E-state index contributed by atoms with van der Waals surface area (Å²) in [5.41, 5.74) is 1.78. The number of aromatic nitrogens is 1. The molecule has 0 fully saturated rings. The summed E-state index contributed by atoms with van der Waals surface area (Å²) in [6.45, 7) is 1.94. The standard InChI is InChI=1S/C15H12FNOS/c1-9-4-5-17-8-12(9)15(18)14-7-10-6-11(16)2-3-13(10)19-14/h2-8,15,18H,1H3. The zero-order valence-electron chi connectivity index (χ0n) is 10.3. The molecule has 1 N–H and O–H groups in total. The lowest BCUT2D eigenvalue weighted by atomic mass is 10.1. The molecule has 19 heavy (non-hydrogen) atoms. The fraction of sp³-hybridized carbons (Fsp3) is 0.133. The van der Waals surface area contributed by atoms with Crippen LogP contribution in [0.3, 0.4) is 0 Å². The minimum absolute atomic E-state index is 0.260. The molecule has 2 aromatic heterocycles. The van der Waals surface area contributed by atoms with Gasteiger partial charge in [-0.25, -0.2) is 4.39 Å². The summed E-state index contributed by atoms with van der Waals surface area (Å²) in [5, 5.41) is 11.2. The molecule has 4 heteroatoms. The smallest absolute Gasteiger partial charge is 0.123 e. The largest absolute Gasteiger partial charge is 0.383 e. The van der Waals surface area contributed by atoms with Gasteiger partial charge in [-0.1, -0.05) is 0 Å². The molecule has 2 nitrogen and oxygen atoms in total. The highest BCUT2D eigenvalue weighted by atomic mass is 32.1. The summed E-state index contributed by atoms with van der Waals surface area (Å²) >= 11 is 1.47. The van der Waals surface area contributed by atoms with Gasteiger partial charge in [0.1, 0.15) is 11.9 Å². The molecule has 1 atom stereocenters. The Morgan fingerprint density at radius 3 is 2.89 bits per heavy atom. The molecule has 0 bridgehead atoms. The fourth-order valence-corrected chi connectivity index (χ4v) is 3.14. The van der Waals surface area contributed by atoms with Gasteiger partial charge in [-0.3, -0.25) is 4.98 Å². The van der Waals surface area contributed by atoms with Crippen LogP contribution in [0.15, 0.2) is 42.7 Å². The topological polar surface area (TPSA) is 33.1 Å². The van der Waals surface area contributed by atoms with Crippen molar-refractivity contribution in [1.82, 2.24) is 4.98 Å². The Hall–Kier alpha value is -1.78. The van der Waals surface area contributed by atoms with Crippen LogP contribution in [0, 0.1) is 12.7 Å². The lowest BCUT2D eigenvalue weighted by Crippen LogP contribution is -2.00. The average molecular weight is 273 g/mol. The Kier molecular flexibility index (Phi) is 3.05. The molecule has 2 heterocycles. The Morgan fingerprint density at radius 2 is 2.11 bits per heavy atom. The number of hydrogen-bond donors (Lipinski definition) is 1. The van der Waals surface area contributed by atoms with Crippen molar-refractivity contribution in [1.29, 1.82) is 0 Å². The van der Waals surface area contributed by atoms with E-state index >= 15 is 0 Å². The number of benzene rings is 1. The van der Waals surface area contributed by atoms with Crippen LogP contribution >= 0.6 is 11.3 Å². The molecule has 0 aliphatic carbocycles. The molecule has 0 saturated carbocycles. The molecule has 3 aromatic rings. The van der Waals surface area contributed by atoms with Crippen LogP contribution in [-0.4, -0.2) is 10.1 Å². The predicted octanol–water partition coefficient (Wildman–Crippen LogP) is 3.83. The van der Waals surface area contributed by atoms with E-state index in [1.54, 1.807) is 18.5 Å². The van der Waals surface area contributed by atoms with E-state index in [0.29, 0.717) is 0 Å². The van der Waals surface area contributed by atoms with Crippen LogP contribution in [0.5, 0.6) is 0 Å². The Bertz CT molecular complexity index is 738. The zero-order valence-corrected chi connectivity index (χ0v) is 11.1. The maximum Gasteiger partial charge on any atom is 0.123 e. The molecule has 96 valence electrons. The van der Waals surface area contributed by atoms with Crippen LogP contribution in [0.25, 0.3) is 10.1 Å². The van der Waals surface area contributed by atoms with E-state index in [1.165, 1.54) is 23.5 Å². The van der Waals surface area contributed by atoms with Crippen molar-refractivity contribution >= 4 is 21.4 Å². The lowest BCUT2D eigenvalue weighted by molar-refractivity contribution is 0.223. The van der Waals surface area contributed by atoms with Gasteiger partial charge in [-0.05, 0) is 48.2 Å². The predicted molar refractivity (Wildman–Crippen MR) is 74.8 cm³/mol. The van der Waals surface area contributed by atoms with E-state index in [0.717, 1.165) is 26.1 Å². The molecular formula is C15H12FNOS. The summed E-state index contributed by atoms with van der Waals surface area (Å²) in [4.78, 5) is 4.85. The van der Waals surface area contributed by atoms with Gasteiger partial charge in [0.05, 0.1) is 0 Å². The van der Waals surface area contributed by atoms with E-state index in [9.17, 15) is 9.50 Å². The van der Waals surface area contributed by atoms with Crippen molar-refractivity contribution in [2.24, 2.45) is 0 Å². The van der Waals surface area contributed by atoms with Crippen LogP contribution < -0.4 is 0 Å². The Morgan fingerprint density at radius 1 is 1.26 bits per heavy atom. The monoisotopic (exact) mass is 273 g/mol. The molecule has 3 rings (SSSR count). The number of hydrogen-bond acceptors (Lipinski definition) is 3. The number of rotatable bonds is 2. The molecule has 0 aliphatic heterocycles. The van der Waals surface area contributed by atoms with Crippen LogP contribution in [0.1, 0.15) is 22.1 Å². The number of aliphatic hydroxyl groups excluding tert-OH is 1. The number of fused-ring (bicyclic) bond motifs is 1. The molecule has 0 saturated heterocycles. The highest BCUT2D eigenvalue weighted by Gasteiger charge is 2.16. The second-order valence-electron chi connectivity index (χ2n) is 4.47. The van der Waals surface area contributed by atoms with Crippen molar-refractivity contribution in [3.8, 4) is 0 Å². The number of aliphatic hydroxyl groups is 1. The van der Waals surface area contributed by atoms with E-state index in [2.05, 4.69) is 4.98 Å². The van der Waals surface area contributed by atoms with Crippen molar-refractivity contribution in [3.63, 3.8) is 0 Å². The number of pyridine rings is 1. The van der Waals surface area contributed by atoms with Gasteiger partial charge in [-0.2, -0.15) is 0 Å². The van der Waals surface area contributed by atoms with E-state index in [4.69, 9.17) is 0 Å². The first-order valence-corrected chi connectivity index (χ1v) is 6.74. The van der Waals surface area contributed by atoms with E-state index < -0.39 is 6.10 Å².